The first-order valence-electron chi connectivity index (χ1n) is 8.92. The summed E-state index contributed by atoms with van der Waals surface area (Å²) in [7, 11) is 0. The van der Waals surface area contributed by atoms with Crippen LogP contribution in [0.1, 0.15) is 31.7 Å². The maximum atomic E-state index is 13.2. The second-order valence-corrected chi connectivity index (χ2v) is 6.39. The Hall–Kier alpha value is -2.21. The van der Waals surface area contributed by atoms with Gasteiger partial charge in [0.25, 0.3) is 0 Å². The van der Waals surface area contributed by atoms with Crippen molar-refractivity contribution in [3.8, 4) is 5.75 Å². The van der Waals surface area contributed by atoms with Gasteiger partial charge in [0.2, 0.25) is 5.95 Å². The molecule has 2 heterocycles. The van der Waals surface area contributed by atoms with E-state index in [1.807, 2.05) is 12.4 Å². The fraction of sp³-hybridized carbons (Fsp3) is 0.474. The van der Waals surface area contributed by atoms with Gasteiger partial charge in [-0.15, -0.1) is 0 Å². The van der Waals surface area contributed by atoms with Crippen LogP contribution in [0.4, 0.5) is 10.3 Å². The van der Waals surface area contributed by atoms with E-state index in [2.05, 4.69) is 27.1 Å². The Labute approximate surface area is 148 Å². The van der Waals surface area contributed by atoms with E-state index >= 15 is 0 Å². The fourth-order valence-electron chi connectivity index (χ4n) is 2.94. The fourth-order valence-corrected chi connectivity index (χ4v) is 2.94. The van der Waals surface area contributed by atoms with Crippen LogP contribution in [0, 0.1) is 5.82 Å². The molecule has 0 radical (unpaired) electrons. The van der Waals surface area contributed by atoms with Gasteiger partial charge in [-0.05, 0) is 31.4 Å². The third-order valence-corrected chi connectivity index (χ3v) is 4.28. The molecular formula is C19H25FN4O. The van der Waals surface area contributed by atoms with Gasteiger partial charge in [-0.3, -0.25) is 4.90 Å². The van der Waals surface area contributed by atoms with E-state index in [9.17, 15) is 4.39 Å². The summed E-state index contributed by atoms with van der Waals surface area (Å²) in [6, 6.07) is 6.36. The lowest BCUT2D eigenvalue weighted by molar-refractivity contribution is 0.0964. The van der Waals surface area contributed by atoms with E-state index in [-0.39, 0.29) is 11.9 Å². The lowest BCUT2D eigenvalue weighted by Crippen LogP contribution is -2.37. The highest BCUT2D eigenvalue weighted by molar-refractivity contribution is 5.24. The van der Waals surface area contributed by atoms with E-state index in [1.165, 1.54) is 12.1 Å². The Morgan fingerprint density at radius 2 is 2.00 bits per heavy atom. The van der Waals surface area contributed by atoms with Crippen molar-refractivity contribution < 1.29 is 9.13 Å². The first-order valence-corrected chi connectivity index (χ1v) is 8.92. The molecule has 1 saturated heterocycles. The van der Waals surface area contributed by atoms with Gasteiger partial charge in [0, 0.05) is 50.2 Å². The van der Waals surface area contributed by atoms with Crippen LogP contribution in [0.3, 0.4) is 0 Å². The highest BCUT2D eigenvalue weighted by Gasteiger charge is 2.20. The number of anilines is 1. The molecule has 1 aliphatic heterocycles. The molecule has 0 atom stereocenters. The predicted molar refractivity (Wildman–Crippen MR) is 96.1 cm³/mol. The van der Waals surface area contributed by atoms with Gasteiger partial charge in [0.15, 0.2) is 0 Å². The Morgan fingerprint density at radius 1 is 1.24 bits per heavy atom. The molecule has 6 heteroatoms. The van der Waals surface area contributed by atoms with E-state index in [4.69, 9.17) is 4.74 Å². The van der Waals surface area contributed by atoms with Crippen LogP contribution in [0.5, 0.6) is 5.75 Å². The summed E-state index contributed by atoms with van der Waals surface area (Å²) in [6.07, 6.45) is 6.86. The highest BCUT2D eigenvalue weighted by Crippen LogP contribution is 2.20. The van der Waals surface area contributed by atoms with Crippen LogP contribution in [-0.4, -0.2) is 40.6 Å². The third kappa shape index (κ3) is 5.39. The molecule has 0 amide bonds. The van der Waals surface area contributed by atoms with Gasteiger partial charge in [-0.2, -0.15) is 0 Å². The topological polar surface area (TPSA) is 50.3 Å². The minimum absolute atomic E-state index is 0.148. The maximum absolute atomic E-state index is 13.2. The maximum Gasteiger partial charge on any atom is 0.222 e. The number of piperidine rings is 1. The van der Waals surface area contributed by atoms with E-state index < -0.39 is 0 Å². The van der Waals surface area contributed by atoms with Crippen molar-refractivity contribution in [2.45, 2.75) is 38.8 Å². The molecule has 1 N–H and O–H groups in total. The highest BCUT2D eigenvalue weighted by atomic mass is 19.1. The summed E-state index contributed by atoms with van der Waals surface area (Å²) in [6.45, 7) is 5.76. The molecule has 5 nitrogen and oxygen atoms in total. The summed E-state index contributed by atoms with van der Waals surface area (Å²) >= 11 is 0. The van der Waals surface area contributed by atoms with Gasteiger partial charge in [0.1, 0.15) is 17.7 Å². The molecule has 3 rings (SSSR count). The van der Waals surface area contributed by atoms with Crippen LogP contribution in [0.2, 0.25) is 0 Å². The minimum Gasteiger partial charge on any atom is -0.490 e. The average molecular weight is 344 g/mol. The molecule has 1 aromatic carbocycles. The molecule has 1 aliphatic rings. The first kappa shape index (κ1) is 17.6. The molecular weight excluding hydrogens is 319 g/mol. The summed E-state index contributed by atoms with van der Waals surface area (Å²) in [5, 5.41) is 3.18. The average Bonchev–Trinajstić information content (AvgIpc) is 2.63. The Bertz CT molecular complexity index is 657. The van der Waals surface area contributed by atoms with Gasteiger partial charge in [-0.1, -0.05) is 13.0 Å². The molecule has 0 saturated carbocycles. The zero-order chi connectivity index (χ0) is 17.5. The van der Waals surface area contributed by atoms with Crippen LogP contribution in [0.25, 0.3) is 0 Å². The number of likely N-dealkylation sites (tertiary alicyclic amines) is 1. The second kappa shape index (κ2) is 8.76. The molecule has 1 fully saturated rings. The smallest absolute Gasteiger partial charge is 0.222 e. The number of halogens is 1. The van der Waals surface area contributed by atoms with Gasteiger partial charge < -0.3 is 10.1 Å². The molecule has 2 aromatic rings. The normalized spacial score (nSPS) is 15.9. The Balaban J connectivity index is 1.44. The summed E-state index contributed by atoms with van der Waals surface area (Å²) in [5.74, 6) is 1.04. The van der Waals surface area contributed by atoms with Crippen molar-refractivity contribution in [3.63, 3.8) is 0 Å². The summed E-state index contributed by atoms with van der Waals surface area (Å²) < 4.78 is 19.1. The van der Waals surface area contributed by atoms with Gasteiger partial charge in [-0.25, -0.2) is 14.4 Å². The van der Waals surface area contributed by atoms with Crippen molar-refractivity contribution in [3.05, 3.63) is 48.0 Å². The Morgan fingerprint density at radius 3 is 2.68 bits per heavy atom. The zero-order valence-corrected chi connectivity index (χ0v) is 14.6. The minimum atomic E-state index is -0.258. The number of nitrogens with one attached hydrogen (secondary N) is 1. The molecule has 134 valence electrons. The number of aromatic nitrogens is 2. The SMILES string of the molecule is CCCNc1ncc(CN2CCC(Oc3cccc(F)c3)CC2)cn1. The quantitative estimate of drug-likeness (QED) is 0.833. The molecule has 25 heavy (non-hydrogen) atoms. The third-order valence-electron chi connectivity index (χ3n) is 4.28. The van der Waals surface area contributed by atoms with Crippen molar-refractivity contribution in [1.82, 2.24) is 14.9 Å². The van der Waals surface area contributed by atoms with Crippen molar-refractivity contribution >= 4 is 5.95 Å². The van der Waals surface area contributed by atoms with E-state index in [0.717, 1.165) is 51.0 Å². The molecule has 0 spiro atoms. The molecule has 0 unspecified atom stereocenters. The second-order valence-electron chi connectivity index (χ2n) is 6.39. The van der Waals surface area contributed by atoms with E-state index in [0.29, 0.717) is 11.7 Å². The van der Waals surface area contributed by atoms with Crippen molar-refractivity contribution in [2.75, 3.05) is 25.0 Å². The first-order chi connectivity index (χ1) is 12.2. The zero-order valence-electron chi connectivity index (χ0n) is 14.6. The van der Waals surface area contributed by atoms with Gasteiger partial charge in [0.05, 0.1) is 0 Å². The van der Waals surface area contributed by atoms with Gasteiger partial charge >= 0.3 is 0 Å². The molecule has 1 aromatic heterocycles. The Kier molecular flexibility index (Phi) is 6.17. The van der Waals surface area contributed by atoms with Crippen molar-refractivity contribution in [2.24, 2.45) is 0 Å². The molecule has 0 bridgehead atoms. The number of benzene rings is 1. The standard InChI is InChI=1S/C19H25FN4O/c1-2-8-21-19-22-12-15(13-23-19)14-24-9-6-17(7-10-24)25-18-5-3-4-16(20)11-18/h3-5,11-13,17H,2,6-10,14H2,1H3,(H,21,22,23). The largest absolute Gasteiger partial charge is 0.490 e. The number of ether oxygens (including phenoxy) is 1. The van der Waals surface area contributed by atoms with Crippen LogP contribution in [0.15, 0.2) is 36.7 Å². The van der Waals surface area contributed by atoms with Crippen LogP contribution in [-0.2, 0) is 6.54 Å². The lowest BCUT2D eigenvalue weighted by atomic mass is 10.1. The van der Waals surface area contributed by atoms with Crippen LogP contribution >= 0.6 is 0 Å². The summed E-state index contributed by atoms with van der Waals surface area (Å²) in [4.78, 5) is 11.1. The number of hydrogen-bond donors (Lipinski definition) is 1. The number of nitrogens with zero attached hydrogens (tertiary/aromatic N) is 3. The van der Waals surface area contributed by atoms with Crippen molar-refractivity contribution in [1.29, 1.82) is 0 Å². The summed E-state index contributed by atoms with van der Waals surface area (Å²) in [5.41, 5.74) is 1.12. The number of rotatable bonds is 7. The predicted octanol–water partition coefficient (Wildman–Crippen LogP) is 3.48. The molecule has 0 aliphatic carbocycles. The number of hydrogen-bond acceptors (Lipinski definition) is 5. The van der Waals surface area contributed by atoms with E-state index in [1.54, 1.807) is 12.1 Å². The lowest BCUT2D eigenvalue weighted by Gasteiger charge is -2.32. The monoisotopic (exact) mass is 344 g/mol. The van der Waals surface area contributed by atoms with Crippen LogP contribution < -0.4 is 10.1 Å².